The predicted octanol–water partition coefficient (Wildman–Crippen LogP) is -3.09. The van der Waals surface area contributed by atoms with Gasteiger partial charge in [-0.15, -0.1) is 0 Å². The summed E-state index contributed by atoms with van der Waals surface area (Å²) in [4.78, 5) is 11.2. The number of halogens is 1. The lowest BCUT2D eigenvalue weighted by molar-refractivity contribution is -0.469. The fraction of sp³-hybridized carbons (Fsp3) is 0.889. The van der Waals surface area contributed by atoms with E-state index >= 15 is 0 Å². The molecule has 0 saturated heterocycles. The molecule has 1 amide bonds. The average molecular weight is 207 g/mol. The van der Waals surface area contributed by atoms with Crippen molar-refractivity contribution in [1.82, 2.24) is 0 Å². The molecule has 0 spiro atoms. The van der Waals surface area contributed by atoms with E-state index < -0.39 is 5.54 Å². The highest BCUT2D eigenvalue weighted by Gasteiger charge is 2.49. The van der Waals surface area contributed by atoms with Gasteiger partial charge in [-0.2, -0.15) is 0 Å². The van der Waals surface area contributed by atoms with Crippen LogP contribution in [0.1, 0.15) is 33.1 Å². The van der Waals surface area contributed by atoms with Gasteiger partial charge < -0.3 is 23.9 Å². The minimum Gasteiger partial charge on any atom is -1.00 e. The van der Waals surface area contributed by atoms with E-state index in [4.69, 9.17) is 5.73 Å². The van der Waals surface area contributed by atoms with Gasteiger partial charge in [0.05, 0.1) is 0 Å². The van der Waals surface area contributed by atoms with Gasteiger partial charge in [0.25, 0.3) is 5.91 Å². The molecule has 13 heavy (non-hydrogen) atoms. The van der Waals surface area contributed by atoms with E-state index in [2.05, 4.69) is 19.6 Å². The van der Waals surface area contributed by atoms with Crippen LogP contribution < -0.4 is 23.9 Å². The fourth-order valence-electron chi connectivity index (χ4n) is 2.38. The first kappa shape index (κ1) is 12.7. The summed E-state index contributed by atoms with van der Waals surface area (Å²) in [6, 6.07) is 0. The molecule has 4 heteroatoms. The number of carbonyl (C=O) groups is 1. The number of nitrogens with two attached hydrogens (primary N) is 1. The van der Waals surface area contributed by atoms with Crippen LogP contribution >= 0.6 is 0 Å². The summed E-state index contributed by atoms with van der Waals surface area (Å²) < 4.78 is 0. The highest BCUT2D eigenvalue weighted by atomic mass is 35.5. The molecule has 0 aromatic heterocycles. The summed E-state index contributed by atoms with van der Waals surface area (Å²) in [6.07, 6.45) is 3.06. The topological polar surface area (TPSA) is 70.7 Å². The normalized spacial score (nSPS) is 33.1. The second-order valence-corrected chi connectivity index (χ2v) is 4.26. The summed E-state index contributed by atoms with van der Waals surface area (Å²) in [7, 11) is 0. The lowest BCUT2D eigenvalue weighted by atomic mass is 9.80. The van der Waals surface area contributed by atoms with Crippen molar-refractivity contribution in [2.24, 2.45) is 17.6 Å². The van der Waals surface area contributed by atoms with Gasteiger partial charge in [-0.3, -0.25) is 4.79 Å². The molecule has 0 bridgehead atoms. The van der Waals surface area contributed by atoms with Crippen molar-refractivity contribution >= 4 is 5.91 Å². The zero-order valence-electron chi connectivity index (χ0n) is 8.35. The van der Waals surface area contributed by atoms with Gasteiger partial charge in [-0.1, -0.05) is 13.8 Å². The second kappa shape index (κ2) is 4.29. The van der Waals surface area contributed by atoms with E-state index in [1.54, 1.807) is 0 Å². The SMILES string of the molecule is CC(C)[C@@H]1CCC[C@]1([NH3+])C(N)=O.[Cl-]. The van der Waals surface area contributed by atoms with E-state index in [1.807, 2.05) is 0 Å². The Morgan fingerprint density at radius 1 is 1.62 bits per heavy atom. The highest BCUT2D eigenvalue weighted by Crippen LogP contribution is 2.36. The van der Waals surface area contributed by atoms with Gasteiger partial charge in [-0.25, -0.2) is 0 Å². The van der Waals surface area contributed by atoms with Crippen LogP contribution in [0.5, 0.6) is 0 Å². The fourth-order valence-corrected chi connectivity index (χ4v) is 2.38. The molecule has 0 unspecified atom stereocenters. The summed E-state index contributed by atoms with van der Waals surface area (Å²) in [5.41, 5.74) is 8.88. The van der Waals surface area contributed by atoms with Gasteiger partial charge >= 0.3 is 0 Å². The standard InChI is InChI=1S/C9H18N2O.ClH/c1-6(2)7-4-3-5-9(7,11)8(10)12;/h6-7H,3-5,11H2,1-2H3,(H2,10,12);1H/t7-,9+;/m0./s1. The molecule has 0 aromatic rings. The molecule has 78 valence electrons. The number of quaternary nitrogens is 1. The third kappa shape index (κ3) is 2.15. The van der Waals surface area contributed by atoms with E-state index in [0.29, 0.717) is 11.8 Å². The molecule has 3 nitrogen and oxygen atoms in total. The molecule has 1 saturated carbocycles. The molecule has 0 aromatic carbocycles. The van der Waals surface area contributed by atoms with Crippen molar-refractivity contribution in [2.75, 3.05) is 0 Å². The van der Waals surface area contributed by atoms with Gasteiger partial charge in [0.2, 0.25) is 0 Å². The van der Waals surface area contributed by atoms with Gasteiger partial charge in [0.1, 0.15) is 0 Å². The first-order chi connectivity index (χ1) is 5.48. The number of primary amides is 1. The van der Waals surface area contributed by atoms with Crippen LogP contribution in [0.25, 0.3) is 0 Å². The Morgan fingerprint density at radius 2 is 2.15 bits per heavy atom. The first-order valence-corrected chi connectivity index (χ1v) is 4.63. The number of hydrogen-bond donors (Lipinski definition) is 2. The van der Waals surface area contributed by atoms with Crippen LogP contribution in [0.15, 0.2) is 0 Å². The molecule has 1 rings (SSSR count). The zero-order valence-corrected chi connectivity index (χ0v) is 9.10. The Morgan fingerprint density at radius 3 is 2.46 bits per heavy atom. The molecule has 0 aliphatic heterocycles. The molecular formula is C9H19ClN2O. The Hall–Kier alpha value is -0.280. The molecule has 0 radical (unpaired) electrons. The Bertz CT molecular complexity index is 196. The van der Waals surface area contributed by atoms with E-state index in [9.17, 15) is 4.79 Å². The molecule has 1 fully saturated rings. The molecule has 1 aliphatic carbocycles. The summed E-state index contributed by atoms with van der Waals surface area (Å²) in [6.45, 7) is 4.28. The third-order valence-corrected chi connectivity index (χ3v) is 3.14. The average Bonchev–Trinajstić information content (AvgIpc) is 2.32. The third-order valence-electron chi connectivity index (χ3n) is 3.14. The number of carbonyl (C=O) groups excluding carboxylic acids is 1. The summed E-state index contributed by atoms with van der Waals surface area (Å²) in [5.74, 6) is 0.672. The Kier molecular flexibility index (Phi) is 4.20. The number of hydrogen-bond acceptors (Lipinski definition) is 1. The molecule has 0 heterocycles. The van der Waals surface area contributed by atoms with Crippen molar-refractivity contribution in [3.05, 3.63) is 0 Å². The summed E-state index contributed by atoms with van der Waals surface area (Å²) in [5, 5.41) is 0. The maximum absolute atomic E-state index is 11.2. The van der Waals surface area contributed by atoms with Crippen LogP contribution in [0.4, 0.5) is 0 Å². The van der Waals surface area contributed by atoms with E-state index in [1.165, 1.54) is 0 Å². The lowest BCUT2D eigenvalue weighted by Gasteiger charge is -2.27. The molecule has 2 atom stereocenters. The highest BCUT2D eigenvalue weighted by molar-refractivity contribution is 5.83. The van der Waals surface area contributed by atoms with E-state index in [0.717, 1.165) is 19.3 Å². The first-order valence-electron chi connectivity index (χ1n) is 4.63. The largest absolute Gasteiger partial charge is 1.00 e. The van der Waals surface area contributed by atoms with Crippen LogP contribution in [0, 0.1) is 11.8 Å². The maximum Gasteiger partial charge on any atom is 0.278 e. The lowest BCUT2D eigenvalue weighted by Crippen LogP contribution is -3.00. The Labute approximate surface area is 85.6 Å². The maximum atomic E-state index is 11.2. The quantitative estimate of drug-likeness (QED) is 0.494. The van der Waals surface area contributed by atoms with Gasteiger partial charge in [0, 0.05) is 12.3 Å². The van der Waals surface area contributed by atoms with Gasteiger partial charge in [-0.05, 0) is 18.8 Å². The predicted molar refractivity (Wildman–Crippen MR) is 47.0 cm³/mol. The number of amides is 1. The van der Waals surface area contributed by atoms with Crippen LogP contribution in [0.3, 0.4) is 0 Å². The van der Waals surface area contributed by atoms with Crippen molar-refractivity contribution in [3.8, 4) is 0 Å². The van der Waals surface area contributed by atoms with Crippen LogP contribution in [-0.4, -0.2) is 11.4 Å². The molecular weight excluding hydrogens is 188 g/mol. The van der Waals surface area contributed by atoms with Crippen molar-refractivity contribution < 1.29 is 22.9 Å². The summed E-state index contributed by atoms with van der Waals surface area (Å²) >= 11 is 0. The van der Waals surface area contributed by atoms with Crippen molar-refractivity contribution in [2.45, 2.75) is 38.6 Å². The molecule has 1 aliphatic rings. The Balaban J connectivity index is 0.00000144. The van der Waals surface area contributed by atoms with E-state index in [-0.39, 0.29) is 18.3 Å². The second-order valence-electron chi connectivity index (χ2n) is 4.26. The molecule has 5 N–H and O–H groups in total. The number of rotatable bonds is 2. The monoisotopic (exact) mass is 206 g/mol. The smallest absolute Gasteiger partial charge is 0.278 e. The minimum atomic E-state index is -0.478. The van der Waals surface area contributed by atoms with Crippen molar-refractivity contribution in [1.29, 1.82) is 0 Å². The zero-order chi connectivity index (χ0) is 9.35. The van der Waals surface area contributed by atoms with Crippen molar-refractivity contribution in [3.63, 3.8) is 0 Å². The van der Waals surface area contributed by atoms with Gasteiger partial charge in [0.15, 0.2) is 5.54 Å². The van der Waals surface area contributed by atoms with Crippen LogP contribution in [-0.2, 0) is 4.79 Å². The van der Waals surface area contributed by atoms with Crippen LogP contribution in [0.2, 0.25) is 0 Å². The minimum absolute atomic E-state index is 0.